The van der Waals surface area contributed by atoms with Gasteiger partial charge in [-0.3, -0.25) is 4.79 Å². The minimum Gasteiger partial charge on any atom is -0.497 e. The van der Waals surface area contributed by atoms with Crippen molar-refractivity contribution in [2.24, 2.45) is 0 Å². The molecular formula is C23H25NO4. The molecule has 3 rings (SSSR count). The summed E-state index contributed by atoms with van der Waals surface area (Å²) in [6, 6.07) is 13.2. The summed E-state index contributed by atoms with van der Waals surface area (Å²) in [4.78, 5) is 24.7. The van der Waals surface area contributed by atoms with Gasteiger partial charge in [0, 0.05) is 29.1 Å². The van der Waals surface area contributed by atoms with Gasteiger partial charge in [0.25, 0.3) is 0 Å². The van der Waals surface area contributed by atoms with Crippen LogP contribution in [0.3, 0.4) is 0 Å². The molecule has 1 aromatic heterocycles. The summed E-state index contributed by atoms with van der Waals surface area (Å²) in [6.07, 6.45) is 0.533. The first-order valence-electron chi connectivity index (χ1n) is 9.39. The Hall–Kier alpha value is -3.08. The maximum absolute atomic E-state index is 12.4. The van der Waals surface area contributed by atoms with Crippen LogP contribution in [-0.2, 0) is 11.2 Å². The Bertz CT molecular complexity index is 1050. The predicted molar refractivity (Wildman–Crippen MR) is 111 cm³/mol. The molecule has 0 spiro atoms. The number of methoxy groups -OCH3 is 1. The number of anilines is 1. The fraction of sp³-hybridized carbons (Fsp3) is 0.304. The van der Waals surface area contributed by atoms with Gasteiger partial charge >= 0.3 is 5.63 Å². The highest BCUT2D eigenvalue weighted by molar-refractivity contribution is 5.91. The Labute approximate surface area is 164 Å². The van der Waals surface area contributed by atoms with Crippen molar-refractivity contribution in [2.75, 3.05) is 12.4 Å². The van der Waals surface area contributed by atoms with Crippen LogP contribution in [0.2, 0.25) is 0 Å². The van der Waals surface area contributed by atoms with Crippen molar-refractivity contribution in [3.05, 3.63) is 69.6 Å². The minimum atomic E-state index is -0.410. The van der Waals surface area contributed by atoms with E-state index in [4.69, 9.17) is 9.15 Å². The fourth-order valence-corrected chi connectivity index (χ4v) is 3.20. The molecule has 0 fully saturated rings. The molecule has 0 aliphatic carbocycles. The number of carbonyl (C=O) groups is 1. The summed E-state index contributed by atoms with van der Waals surface area (Å²) in [5.74, 6) is 0.941. The molecule has 3 aromatic rings. The van der Waals surface area contributed by atoms with Crippen LogP contribution < -0.4 is 15.7 Å². The maximum Gasteiger partial charge on any atom is 0.339 e. The molecule has 0 atom stereocenters. The van der Waals surface area contributed by atoms with Crippen LogP contribution in [0, 0.1) is 6.92 Å². The van der Waals surface area contributed by atoms with E-state index in [0.717, 1.165) is 16.6 Å². The lowest BCUT2D eigenvalue weighted by atomic mass is 10.0. The second kappa shape index (κ2) is 8.30. The van der Waals surface area contributed by atoms with E-state index in [2.05, 4.69) is 19.2 Å². The van der Waals surface area contributed by atoms with E-state index >= 15 is 0 Å². The molecule has 0 saturated carbocycles. The molecule has 0 aliphatic rings. The lowest BCUT2D eigenvalue weighted by Crippen LogP contribution is -2.16. The summed E-state index contributed by atoms with van der Waals surface area (Å²) < 4.78 is 10.6. The number of fused-ring (bicyclic) bond motifs is 1. The highest BCUT2D eigenvalue weighted by Crippen LogP contribution is 2.24. The fourth-order valence-electron chi connectivity index (χ4n) is 3.20. The number of aryl methyl sites for hydroxylation is 1. The molecule has 1 amide bonds. The number of nitrogens with one attached hydrogen (secondary N) is 1. The quantitative estimate of drug-likeness (QED) is 0.624. The minimum absolute atomic E-state index is 0.133. The van der Waals surface area contributed by atoms with E-state index in [0.29, 0.717) is 29.2 Å². The molecule has 28 heavy (non-hydrogen) atoms. The van der Waals surface area contributed by atoms with E-state index < -0.39 is 5.63 Å². The number of benzene rings is 2. The molecule has 0 saturated heterocycles. The Kier molecular flexibility index (Phi) is 5.83. The molecule has 1 N–H and O–H groups in total. The molecule has 5 nitrogen and oxygen atoms in total. The van der Waals surface area contributed by atoms with E-state index in [1.165, 1.54) is 5.56 Å². The molecule has 0 aliphatic heterocycles. The summed E-state index contributed by atoms with van der Waals surface area (Å²) in [6.45, 7) is 6.13. The Morgan fingerprint density at radius 3 is 2.50 bits per heavy atom. The van der Waals surface area contributed by atoms with E-state index in [-0.39, 0.29) is 12.3 Å². The van der Waals surface area contributed by atoms with E-state index in [9.17, 15) is 9.59 Å². The molecule has 1 heterocycles. The van der Waals surface area contributed by atoms with Crippen molar-refractivity contribution in [3.8, 4) is 5.75 Å². The number of hydrogen-bond acceptors (Lipinski definition) is 4. The Morgan fingerprint density at radius 2 is 1.86 bits per heavy atom. The van der Waals surface area contributed by atoms with Gasteiger partial charge in [-0.05, 0) is 54.7 Å². The normalized spacial score (nSPS) is 11.0. The summed E-state index contributed by atoms with van der Waals surface area (Å²) in [5.41, 5.74) is 3.42. The van der Waals surface area contributed by atoms with Crippen molar-refractivity contribution in [1.29, 1.82) is 0 Å². The molecular weight excluding hydrogens is 354 g/mol. The zero-order valence-corrected chi connectivity index (χ0v) is 16.7. The molecule has 0 unspecified atom stereocenters. The first kappa shape index (κ1) is 19.7. The smallest absolute Gasteiger partial charge is 0.339 e. The standard InChI is InChI=1S/C23H25NO4/c1-14(2)16-5-7-17(8-6-16)24-22(25)12-11-20-15(3)19-10-9-18(27-4)13-21(19)28-23(20)26/h5-10,13-14H,11-12H2,1-4H3,(H,24,25). The molecule has 0 bridgehead atoms. The largest absolute Gasteiger partial charge is 0.497 e. The van der Waals surface area contributed by atoms with Gasteiger partial charge in [-0.25, -0.2) is 4.79 Å². The van der Waals surface area contributed by atoms with Gasteiger partial charge < -0.3 is 14.5 Å². The van der Waals surface area contributed by atoms with Crippen molar-refractivity contribution < 1.29 is 13.9 Å². The Balaban J connectivity index is 1.72. The molecule has 0 radical (unpaired) electrons. The third-order valence-corrected chi connectivity index (χ3v) is 4.96. The number of carbonyl (C=O) groups excluding carboxylic acids is 1. The van der Waals surface area contributed by atoms with Gasteiger partial charge in [0.2, 0.25) is 5.91 Å². The number of ether oxygens (including phenoxy) is 1. The average Bonchev–Trinajstić information content (AvgIpc) is 2.67. The van der Waals surface area contributed by atoms with Crippen LogP contribution in [-0.4, -0.2) is 13.0 Å². The third kappa shape index (κ3) is 4.25. The SMILES string of the molecule is COc1ccc2c(C)c(CCC(=O)Nc3ccc(C(C)C)cc3)c(=O)oc2c1. The molecule has 2 aromatic carbocycles. The maximum atomic E-state index is 12.4. The van der Waals surface area contributed by atoms with E-state index in [1.54, 1.807) is 13.2 Å². The van der Waals surface area contributed by atoms with Crippen LogP contribution in [0.25, 0.3) is 11.0 Å². The van der Waals surface area contributed by atoms with Crippen LogP contribution >= 0.6 is 0 Å². The predicted octanol–water partition coefficient (Wildman–Crippen LogP) is 4.80. The first-order chi connectivity index (χ1) is 13.4. The zero-order valence-electron chi connectivity index (χ0n) is 16.7. The first-order valence-corrected chi connectivity index (χ1v) is 9.39. The highest BCUT2D eigenvalue weighted by atomic mass is 16.5. The Morgan fingerprint density at radius 1 is 1.14 bits per heavy atom. The van der Waals surface area contributed by atoms with Gasteiger partial charge in [0.15, 0.2) is 0 Å². The highest BCUT2D eigenvalue weighted by Gasteiger charge is 2.14. The van der Waals surface area contributed by atoms with E-state index in [1.807, 2.05) is 43.3 Å². The second-order valence-corrected chi connectivity index (χ2v) is 7.18. The van der Waals surface area contributed by atoms with Crippen LogP contribution in [0.1, 0.15) is 42.9 Å². The molecule has 5 heteroatoms. The van der Waals surface area contributed by atoms with Crippen molar-refractivity contribution >= 4 is 22.6 Å². The van der Waals surface area contributed by atoms with Gasteiger partial charge in [0.1, 0.15) is 11.3 Å². The summed E-state index contributed by atoms with van der Waals surface area (Å²) in [7, 11) is 1.56. The van der Waals surface area contributed by atoms with Gasteiger partial charge in [0.05, 0.1) is 7.11 Å². The second-order valence-electron chi connectivity index (χ2n) is 7.18. The third-order valence-electron chi connectivity index (χ3n) is 4.96. The lowest BCUT2D eigenvalue weighted by Gasteiger charge is -2.10. The van der Waals surface area contributed by atoms with Crippen molar-refractivity contribution in [2.45, 2.75) is 39.5 Å². The van der Waals surface area contributed by atoms with Crippen LogP contribution in [0.5, 0.6) is 5.75 Å². The van der Waals surface area contributed by atoms with Crippen LogP contribution in [0.4, 0.5) is 5.69 Å². The van der Waals surface area contributed by atoms with Crippen molar-refractivity contribution in [1.82, 2.24) is 0 Å². The summed E-state index contributed by atoms with van der Waals surface area (Å²) >= 11 is 0. The topological polar surface area (TPSA) is 68.5 Å². The molecule has 146 valence electrons. The number of hydrogen-bond donors (Lipinski definition) is 1. The zero-order chi connectivity index (χ0) is 20.3. The van der Waals surface area contributed by atoms with Gasteiger partial charge in [-0.15, -0.1) is 0 Å². The number of amides is 1. The summed E-state index contributed by atoms with van der Waals surface area (Å²) in [5, 5.41) is 3.73. The monoisotopic (exact) mass is 379 g/mol. The van der Waals surface area contributed by atoms with Crippen molar-refractivity contribution in [3.63, 3.8) is 0 Å². The average molecular weight is 379 g/mol. The lowest BCUT2D eigenvalue weighted by molar-refractivity contribution is -0.116. The van der Waals surface area contributed by atoms with Crippen LogP contribution in [0.15, 0.2) is 51.7 Å². The van der Waals surface area contributed by atoms with Gasteiger partial charge in [-0.2, -0.15) is 0 Å². The number of rotatable bonds is 6. The van der Waals surface area contributed by atoms with Gasteiger partial charge in [-0.1, -0.05) is 26.0 Å².